The van der Waals surface area contributed by atoms with Gasteiger partial charge in [0.25, 0.3) is 0 Å². The molecule has 0 spiro atoms. The minimum absolute atomic E-state index is 1.12. The maximum atomic E-state index is 3.86. The molecule has 0 rings (SSSR count). The van der Waals surface area contributed by atoms with Crippen LogP contribution in [0.5, 0.6) is 0 Å². The number of allylic oxidation sites excluding steroid dienone is 4. The lowest BCUT2D eigenvalue weighted by Gasteiger charge is -1.97. The molecule has 0 saturated carbocycles. The summed E-state index contributed by atoms with van der Waals surface area (Å²) in [4.78, 5) is 0. The van der Waals surface area contributed by atoms with Crippen LogP contribution in [0.4, 0.5) is 0 Å². The molecule has 0 fully saturated rings. The minimum atomic E-state index is 1.12. The van der Waals surface area contributed by atoms with E-state index in [9.17, 15) is 0 Å². The molecule has 0 heterocycles. The zero-order chi connectivity index (χ0) is 7.98. The third-order valence-corrected chi connectivity index (χ3v) is 1.57. The van der Waals surface area contributed by atoms with E-state index in [1.165, 1.54) is 5.57 Å². The fourth-order valence-corrected chi connectivity index (χ4v) is 1.12. The van der Waals surface area contributed by atoms with Crippen molar-refractivity contribution in [2.24, 2.45) is 0 Å². The van der Waals surface area contributed by atoms with Crippen LogP contribution in [-0.4, -0.2) is 6.26 Å². The third kappa shape index (κ3) is 3.57. The van der Waals surface area contributed by atoms with Crippen LogP contribution in [0.1, 0.15) is 13.8 Å². The van der Waals surface area contributed by atoms with E-state index in [1.54, 1.807) is 11.8 Å². The first-order valence-electron chi connectivity index (χ1n) is 3.24. The van der Waals surface area contributed by atoms with Gasteiger partial charge in [0.05, 0.1) is 0 Å². The van der Waals surface area contributed by atoms with Crippen LogP contribution >= 0.6 is 11.8 Å². The molecule has 0 aliphatic rings. The van der Waals surface area contributed by atoms with Gasteiger partial charge >= 0.3 is 0 Å². The Labute approximate surface area is 67.7 Å². The summed E-state index contributed by atoms with van der Waals surface area (Å²) in [7, 11) is 0. The summed E-state index contributed by atoms with van der Waals surface area (Å²) in [6, 6.07) is 0. The lowest BCUT2D eigenvalue weighted by molar-refractivity contribution is 1.46. The SMILES string of the molecule is C=C(C)C(C=CC)=CSC. The van der Waals surface area contributed by atoms with Crippen molar-refractivity contribution in [3.05, 3.63) is 35.3 Å². The largest absolute Gasteiger partial charge is 0.137 e. The molecule has 1 heteroatoms. The van der Waals surface area contributed by atoms with Gasteiger partial charge in [-0.2, -0.15) is 0 Å². The average molecular weight is 154 g/mol. The van der Waals surface area contributed by atoms with Crippen LogP contribution in [0, 0.1) is 0 Å². The van der Waals surface area contributed by atoms with Crippen LogP contribution in [-0.2, 0) is 0 Å². The molecule has 56 valence electrons. The van der Waals surface area contributed by atoms with Gasteiger partial charge in [-0.05, 0) is 31.1 Å². The Morgan fingerprint density at radius 3 is 2.40 bits per heavy atom. The zero-order valence-corrected chi connectivity index (χ0v) is 7.66. The third-order valence-electron chi connectivity index (χ3n) is 1.08. The number of thioether (sulfide) groups is 1. The van der Waals surface area contributed by atoms with Gasteiger partial charge in [0.15, 0.2) is 0 Å². The van der Waals surface area contributed by atoms with Gasteiger partial charge in [0.2, 0.25) is 0 Å². The maximum Gasteiger partial charge on any atom is -0.0142 e. The molecule has 0 aliphatic heterocycles. The van der Waals surface area contributed by atoms with Crippen LogP contribution in [0.25, 0.3) is 0 Å². The first-order valence-corrected chi connectivity index (χ1v) is 4.52. The first kappa shape index (κ1) is 9.57. The molecule has 0 amide bonds. The van der Waals surface area contributed by atoms with Gasteiger partial charge in [-0.25, -0.2) is 0 Å². The van der Waals surface area contributed by atoms with Crippen molar-refractivity contribution in [2.45, 2.75) is 13.8 Å². The summed E-state index contributed by atoms with van der Waals surface area (Å²) >= 11 is 1.70. The zero-order valence-electron chi connectivity index (χ0n) is 6.85. The van der Waals surface area contributed by atoms with Crippen molar-refractivity contribution >= 4 is 11.8 Å². The van der Waals surface area contributed by atoms with E-state index < -0.39 is 0 Å². The van der Waals surface area contributed by atoms with Crippen molar-refractivity contribution in [3.63, 3.8) is 0 Å². The minimum Gasteiger partial charge on any atom is -0.137 e. The fourth-order valence-electron chi connectivity index (χ4n) is 0.589. The van der Waals surface area contributed by atoms with E-state index in [0.717, 1.165) is 5.57 Å². The number of rotatable bonds is 3. The maximum absolute atomic E-state index is 3.86. The second-order valence-corrected chi connectivity index (χ2v) is 2.80. The van der Waals surface area contributed by atoms with Crippen LogP contribution in [0.3, 0.4) is 0 Å². The molecule has 0 aromatic carbocycles. The van der Waals surface area contributed by atoms with E-state index in [0.29, 0.717) is 0 Å². The first-order chi connectivity index (χ1) is 4.72. The smallest absolute Gasteiger partial charge is 0.0142 e. The molecular formula is C9H14S. The topological polar surface area (TPSA) is 0 Å². The van der Waals surface area contributed by atoms with Gasteiger partial charge in [-0.15, -0.1) is 11.8 Å². The quantitative estimate of drug-likeness (QED) is 0.561. The van der Waals surface area contributed by atoms with E-state index in [2.05, 4.69) is 18.1 Å². The van der Waals surface area contributed by atoms with Crippen molar-refractivity contribution in [2.75, 3.05) is 6.26 Å². The number of hydrogen-bond donors (Lipinski definition) is 0. The van der Waals surface area contributed by atoms with E-state index in [4.69, 9.17) is 0 Å². The summed E-state index contributed by atoms with van der Waals surface area (Å²) in [5.74, 6) is 0. The highest BCUT2D eigenvalue weighted by Crippen LogP contribution is 2.12. The van der Waals surface area contributed by atoms with Crippen molar-refractivity contribution in [1.82, 2.24) is 0 Å². The summed E-state index contributed by atoms with van der Waals surface area (Å²) in [5, 5.41) is 2.10. The Morgan fingerprint density at radius 1 is 1.50 bits per heavy atom. The molecule has 0 aliphatic carbocycles. The molecule has 0 atom stereocenters. The average Bonchev–Trinajstić information content (AvgIpc) is 1.87. The second kappa shape index (κ2) is 5.36. The highest BCUT2D eigenvalue weighted by Gasteiger charge is 1.89. The highest BCUT2D eigenvalue weighted by molar-refractivity contribution is 8.01. The molecule has 0 saturated heterocycles. The molecule has 0 bridgehead atoms. The Kier molecular flexibility index (Phi) is 5.13. The summed E-state index contributed by atoms with van der Waals surface area (Å²) in [6.45, 7) is 7.89. The molecule has 0 unspecified atom stereocenters. The van der Waals surface area contributed by atoms with Gasteiger partial charge in [0.1, 0.15) is 0 Å². The standard InChI is InChI=1S/C9H14S/c1-5-6-9(7-10-4)8(2)3/h5-7H,2H2,1,3-4H3. The van der Waals surface area contributed by atoms with Gasteiger partial charge in [0, 0.05) is 0 Å². The summed E-state index contributed by atoms with van der Waals surface area (Å²) < 4.78 is 0. The molecule has 10 heavy (non-hydrogen) atoms. The normalized spacial score (nSPS) is 12.5. The van der Waals surface area contributed by atoms with Crippen molar-refractivity contribution in [3.8, 4) is 0 Å². The van der Waals surface area contributed by atoms with Crippen LogP contribution < -0.4 is 0 Å². The summed E-state index contributed by atoms with van der Waals surface area (Å²) in [6.07, 6.45) is 6.14. The monoisotopic (exact) mass is 154 g/mol. The van der Waals surface area contributed by atoms with Crippen LogP contribution in [0.15, 0.2) is 35.3 Å². The lowest BCUT2D eigenvalue weighted by Crippen LogP contribution is -1.75. The predicted octanol–water partition coefficient (Wildman–Crippen LogP) is 3.39. The second-order valence-electron chi connectivity index (χ2n) is 2.09. The van der Waals surface area contributed by atoms with Crippen molar-refractivity contribution < 1.29 is 0 Å². The predicted molar refractivity (Wildman–Crippen MR) is 51.2 cm³/mol. The fraction of sp³-hybridized carbons (Fsp3) is 0.333. The van der Waals surface area contributed by atoms with E-state index in [-0.39, 0.29) is 0 Å². The highest BCUT2D eigenvalue weighted by atomic mass is 32.2. The van der Waals surface area contributed by atoms with E-state index in [1.807, 2.05) is 26.2 Å². The Bertz CT molecular complexity index is 164. The number of hydrogen-bond acceptors (Lipinski definition) is 1. The summed E-state index contributed by atoms with van der Waals surface area (Å²) in [5.41, 5.74) is 2.34. The van der Waals surface area contributed by atoms with E-state index >= 15 is 0 Å². The van der Waals surface area contributed by atoms with Gasteiger partial charge in [-0.3, -0.25) is 0 Å². The molecule has 0 nitrogen and oxygen atoms in total. The van der Waals surface area contributed by atoms with Crippen molar-refractivity contribution in [1.29, 1.82) is 0 Å². The molecule has 0 aromatic heterocycles. The Morgan fingerprint density at radius 2 is 2.10 bits per heavy atom. The molecule has 0 radical (unpaired) electrons. The lowest BCUT2D eigenvalue weighted by atomic mass is 10.1. The molecule has 0 N–H and O–H groups in total. The Hall–Kier alpha value is -0.430. The van der Waals surface area contributed by atoms with Gasteiger partial charge < -0.3 is 0 Å². The van der Waals surface area contributed by atoms with Crippen LogP contribution in [0.2, 0.25) is 0 Å². The Balaban J connectivity index is 4.26. The molecule has 0 aromatic rings. The van der Waals surface area contributed by atoms with Gasteiger partial charge in [-0.1, -0.05) is 24.3 Å². The molecular weight excluding hydrogens is 140 g/mol.